The van der Waals surface area contributed by atoms with E-state index in [1.807, 2.05) is 0 Å². The minimum absolute atomic E-state index is 0.263. The van der Waals surface area contributed by atoms with Crippen molar-refractivity contribution in [3.63, 3.8) is 0 Å². The average Bonchev–Trinajstić information content (AvgIpc) is 3.17. The first-order chi connectivity index (χ1) is 9.76. The van der Waals surface area contributed by atoms with Gasteiger partial charge in [-0.3, -0.25) is 0 Å². The quantitative estimate of drug-likeness (QED) is 0.796. The molecule has 6 nitrogen and oxygen atoms in total. The summed E-state index contributed by atoms with van der Waals surface area (Å²) in [4.78, 5) is 4.42. The van der Waals surface area contributed by atoms with Crippen molar-refractivity contribution in [1.82, 2.24) is 10.1 Å². The van der Waals surface area contributed by atoms with Crippen molar-refractivity contribution in [2.24, 2.45) is 5.73 Å². The molecule has 0 spiro atoms. The van der Waals surface area contributed by atoms with Gasteiger partial charge in [0, 0.05) is 6.61 Å². The highest BCUT2D eigenvalue weighted by molar-refractivity contribution is 5.06. The minimum Gasteiger partial charge on any atom is -0.378 e. The fourth-order valence-electron chi connectivity index (χ4n) is 2.94. The van der Waals surface area contributed by atoms with Crippen molar-refractivity contribution in [1.29, 1.82) is 0 Å². The second kappa shape index (κ2) is 6.20. The lowest BCUT2D eigenvalue weighted by atomic mass is 9.99. The van der Waals surface area contributed by atoms with Crippen LogP contribution >= 0.6 is 0 Å². The third-order valence-electron chi connectivity index (χ3n) is 4.20. The molecule has 112 valence electrons. The van der Waals surface area contributed by atoms with Crippen molar-refractivity contribution in [2.45, 2.75) is 56.6 Å². The highest BCUT2D eigenvalue weighted by atomic mass is 16.5. The van der Waals surface area contributed by atoms with Crippen LogP contribution in [-0.4, -0.2) is 36.1 Å². The number of nitrogens with two attached hydrogens (primary N) is 1. The first-order valence-corrected chi connectivity index (χ1v) is 7.58. The maximum Gasteiger partial charge on any atom is 0.229 e. The molecule has 1 saturated heterocycles. The van der Waals surface area contributed by atoms with E-state index in [0.29, 0.717) is 31.3 Å². The van der Waals surface area contributed by atoms with Gasteiger partial charge in [-0.15, -0.1) is 0 Å². The first kappa shape index (κ1) is 14.0. The van der Waals surface area contributed by atoms with E-state index in [4.69, 9.17) is 19.7 Å². The van der Waals surface area contributed by atoms with Crippen molar-refractivity contribution < 1.29 is 14.0 Å². The summed E-state index contributed by atoms with van der Waals surface area (Å²) in [6.45, 7) is 2.10. The summed E-state index contributed by atoms with van der Waals surface area (Å²) in [5, 5.41) is 4.03. The molecule has 3 rings (SSSR count). The molecule has 2 N–H and O–H groups in total. The molecule has 6 heteroatoms. The molecule has 1 aromatic rings. The second-order valence-electron chi connectivity index (χ2n) is 5.83. The van der Waals surface area contributed by atoms with E-state index in [9.17, 15) is 0 Å². The van der Waals surface area contributed by atoms with Gasteiger partial charge < -0.3 is 19.7 Å². The predicted octanol–water partition coefficient (Wildman–Crippen LogP) is 1.54. The van der Waals surface area contributed by atoms with Crippen LogP contribution in [0.15, 0.2) is 4.52 Å². The molecule has 20 heavy (non-hydrogen) atoms. The lowest BCUT2D eigenvalue weighted by Crippen LogP contribution is -2.34. The van der Waals surface area contributed by atoms with Crippen LogP contribution in [0.4, 0.5) is 0 Å². The number of hydrogen-bond donors (Lipinski definition) is 1. The molecular weight excluding hydrogens is 258 g/mol. The van der Waals surface area contributed by atoms with Crippen LogP contribution in [0.3, 0.4) is 0 Å². The SMILES string of the molecule is NC1(c2noc(CCOCC3CCCO3)n2)CCCC1. The Hall–Kier alpha value is -0.980. The molecule has 0 radical (unpaired) electrons. The molecule has 2 heterocycles. The molecule has 0 aromatic carbocycles. The molecule has 0 amide bonds. The Kier molecular flexibility index (Phi) is 4.33. The van der Waals surface area contributed by atoms with Crippen LogP contribution < -0.4 is 5.73 Å². The van der Waals surface area contributed by atoms with Crippen molar-refractivity contribution in [2.75, 3.05) is 19.8 Å². The molecular formula is C14H23N3O3. The number of nitrogens with zero attached hydrogens (tertiary/aromatic N) is 2. The van der Waals surface area contributed by atoms with Gasteiger partial charge >= 0.3 is 0 Å². The first-order valence-electron chi connectivity index (χ1n) is 7.58. The van der Waals surface area contributed by atoms with Gasteiger partial charge in [-0.1, -0.05) is 18.0 Å². The summed E-state index contributed by atoms with van der Waals surface area (Å²) in [7, 11) is 0. The lowest BCUT2D eigenvalue weighted by molar-refractivity contribution is 0.0169. The van der Waals surface area contributed by atoms with Crippen LogP contribution in [0, 0.1) is 0 Å². The Morgan fingerprint density at radius 3 is 2.90 bits per heavy atom. The zero-order valence-corrected chi connectivity index (χ0v) is 11.8. The van der Waals surface area contributed by atoms with Crippen LogP contribution in [0.25, 0.3) is 0 Å². The van der Waals surface area contributed by atoms with E-state index in [1.54, 1.807) is 0 Å². The zero-order valence-electron chi connectivity index (χ0n) is 11.8. The molecule has 1 aliphatic heterocycles. The molecule has 1 aromatic heterocycles. The van der Waals surface area contributed by atoms with Crippen LogP contribution in [-0.2, 0) is 21.4 Å². The smallest absolute Gasteiger partial charge is 0.229 e. The van der Waals surface area contributed by atoms with E-state index >= 15 is 0 Å². The van der Waals surface area contributed by atoms with E-state index < -0.39 is 0 Å². The van der Waals surface area contributed by atoms with Gasteiger partial charge in [-0.2, -0.15) is 4.98 Å². The van der Waals surface area contributed by atoms with E-state index in [0.717, 1.165) is 45.1 Å². The summed E-state index contributed by atoms with van der Waals surface area (Å²) in [6.07, 6.45) is 7.31. The van der Waals surface area contributed by atoms with Gasteiger partial charge in [-0.25, -0.2) is 0 Å². The number of hydrogen-bond acceptors (Lipinski definition) is 6. The van der Waals surface area contributed by atoms with Gasteiger partial charge in [0.25, 0.3) is 0 Å². The normalized spacial score (nSPS) is 25.4. The van der Waals surface area contributed by atoms with E-state index in [2.05, 4.69) is 10.1 Å². The van der Waals surface area contributed by atoms with Gasteiger partial charge in [0.1, 0.15) is 0 Å². The Morgan fingerprint density at radius 2 is 2.15 bits per heavy atom. The van der Waals surface area contributed by atoms with Crippen LogP contribution in [0.1, 0.15) is 50.2 Å². The van der Waals surface area contributed by atoms with Gasteiger partial charge in [0.2, 0.25) is 5.89 Å². The van der Waals surface area contributed by atoms with E-state index in [-0.39, 0.29) is 11.6 Å². The maximum absolute atomic E-state index is 6.30. The molecule has 2 fully saturated rings. The summed E-state index contributed by atoms with van der Waals surface area (Å²) < 4.78 is 16.4. The third kappa shape index (κ3) is 3.19. The number of aromatic nitrogens is 2. The van der Waals surface area contributed by atoms with Gasteiger partial charge in [-0.05, 0) is 25.7 Å². The summed E-state index contributed by atoms with van der Waals surface area (Å²) in [5.74, 6) is 1.27. The van der Waals surface area contributed by atoms with E-state index in [1.165, 1.54) is 0 Å². The summed E-state index contributed by atoms with van der Waals surface area (Å²) in [6, 6.07) is 0. The Balaban J connectivity index is 1.43. The standard InChI is InChI=1S/C14H23N3O3/c15-14(6-1-2-7-14)13-16-12(20-17-13)5-9-18-10-11-4-3-8-19-11/h11H,1-10,15H2. The molecule has 0 bridgehead atoms. The molecule has 1 unspecified atom stereocenters. The molecule has 1 atom stereocenters. The van der Waals surface area contributed by atoms with Crippen molar-refractivity contribution in [3.8, 4) is 0 Å². The Bertz CT molecular complexity index is 423. The summed E-state index contributed by atoms with van der Waals surface area (Å²) in [5.41, 5.74) is 5.92. The van der Waals surface area contributed by atoms with Gasteiger partial charge in [0.05, 0.1) is 31.3 Å². The fourth-order valence-corrected chi connectivity index (χ4v) is 2.94. The predicted molar refractivity (Wildman–Crippen MR) is 72.1 cm³/mol. The Morgan fingerprint density at radius 1 is 1.30 bits per heavy atom. The second-order valence-corrected chi connectivity index (χ2v) is 5.83. The highest BCUT2D eigenvalue weighted by Gasteiger charge is 2.35. The van der Waals surface area contributed by atoms with Crippen LogP contribution in [0.5, 0.6) is 0 Å². The molecule has 1 saturated carbocycles. The molecule has 2 aliphatic rings. The maximum atomic E-state index is 6.30. The third-order valence-corrected chi connectivity index (χ3v) is 4.20. The van der Waals surface area contributed by atoms with Gasteiger partial charge in [0.15, 0.2) is 5.82 Å². The monoisotopic (exact) mass is 281 g/mol. The largest absolute Gasteiger partial charge is 0.378 e. The highest BCUT2D eigenvalue weighted by Crippen LogP contribution is 2.34. The number of rotatable bonds is 6. The summed E-state index contributed by atoms with van der Waals surface area (Å²) >= 11 is 0. The fraction of sp³-hybridized carbons (Fsp3) is 0.857. The molecule has 1 aliphatic carbocycles. The van der Waals surface area contributed by atoms with Crippen molar-refractivity contribution in [3.05, 3.63) is 11.7 Å². The van der Waals surface area contributed by atoms with Crippen LogP contribution in [0.2, 0.25) is 0 Å². The Labute approximate surface area is 119 Å². The average molecular weight is 281 g/mol. The van der Waals surface area contributed by atoms with Crippen molar-refractivity contribution >= 4 is 0 Å². The topological polar surface area (TPSA) is 83.4 Å². The minimum atomic E-state index is -0.375. The zero-order chi connectivity index (χ0) is 13.8. The number of ether oxygens (including phenoxy) is 2. The lowest BCUT2D eigenvalue weighted by Gasteiger charge is -2.17.